The summed E-state index contributed by atoms with van der Waals surface area (Å²) in [4.78, 5) is 0. The summed E-state index contributed by atoms with van der Waals surface area (Å²) >= 11 is 3.58. The molecular formula is C16H22BrNO. The van der Waals surface area contributed by atoms with Crippen molar-refractivity contribution >= 4 is 15.9 Å². The van der Waals surface area contributed by atoms with Crippen LogP contribution in [0.15, 0.2) is 22.7 Å². The zero-order chi connectivity index (χ0) is 13.3. The molecule has 1 aromatic rings. The van der Waals surface area contributed by atoms with Gasteiger partial charge < -0.3 is 10.1 Å². The lowest BCUT2D eigenvalue weighted by molar-refractivity contribution is 0.179. The molecule has 1 aliphatic heterocycles. The molecule has 0 bridgehead atoms. The fourth-order valence-electron chi connectivity index (χ4n) is 3.30. The highest BCUT2D eigenvalue weighted by atomic mass is 79.9. The topological polar surface area (TPSA) is 21.3 Å². The molecule has 3 rings (SSSR count). The fraction of sp³-hybridized carbons (Fsp3) is 0.625. The second-order valence-electron chi connectivity index (χ2n) is 6.18. The lowest BCUT2D eigenvalue weighted by Crippen LogP contribution is -2.48. The molecule has 2 atom stereocenters. The minimum atomic E-state index is 0.254. The van der Waals surface area contributed by atoms with E-state index in [0.29, 0.717) is 6.04 Å². The predicted molar refractivity (Wildman–Crippen MR) is 81.5 cm³/mol. The molecule has 1 fully saturated rings. The molecule has 0 amide bonds. The second kappa shape index (κ2) is 5.55. The van der Waals surface area contributed by atoms with E-state index in [0.717, 1.165) is 19.6 Å². The van der Waals surface area contributed by atoms with Crippen LogP contribution in [0.5, 0.6) is 0 Å². The number of hydrogen-bond donors (Lipinski definition) is 1. The first-order valence-corrected chi connectivity index (χ1v) is 8.07. The molecule has 19 heavy (non-hydrogen) atoms. The van der Waals surface area contributed by atoms with Crippen LogP contribution in [0.2, 0.25) is 0 Å². The number of aryl methyl sites for hydroxylation is 2. The lowest BCUT2D eigenvalue weighted by atomic mass is 9.91. The van der Waals surface area contributed by atoms with Crippen molar-refractivity contribution in [1.29, 1.82) is 0 Å². The van der Waals surface area contributed by atoms with Gasteiger partial charge in [-0.3, -0.25) is 0 Å². The Kier molecular flexibility index (Phi) is 3.97. The largest absolute Gasteiger partial charge is 0.380 e. The highest BCUT2D eigenvalue weighted by Gasteiger charge is 2.30. The first kappa shape index (κ1) is 13.6. The van der Waals surface area contributed by atoms with Gasteiger partial charge in [0.15, 0.2) is 0 Å². The molecule has 0 spiro atoms. The van der Waals surface area contributed by atoms with Crippen molar-refractivity contribution in [3.05, 3.63) is 33.8 Å². The van der Waals surface area contributed by atoms with Crippen LogP contribution >= 0.6 is 15.9 Å². The number of ether oxygens (including phenoxy) is 1. The normalized spacial score (nSPS) is 30.9. The maximum atomic E-state index is 5.48. The summed E-state index contributed by atoms with van der Waals surface area (Å²) in [5, 5.41) is 3.85. The Morgan fingerprint density at radius 2 is 2.05 bits per heavy atom. The van der Waals surface area contributed by atoms with E-state index in [1.807, 2.05) is 0 Å². The molecule has 0 radical (unpaired) electrons. The summed E-state index contributed by atoms with van der Waals surface area (Å²) in [5.41, 5.74) is 3.29. The molecule has 1 saturated heterocycles. The zero-order valence-electron chi connectivity index (χ0n) is 11.5. The maximum absolute atomic E-state index is 5.48. The van der Waals surface area contributed by atoms with Crippen molar-refractivity contribution in [2.45, 2.75) is 50.6 Å². The Balaban J connectivity index is 1.71. The molecule has 2 nitrogen and oxygen atoms in total. The number of fused-ring (bicyclic) bond motifs is 1. The standard InChI is InChI=1S/C16H22BrNO/c1-16(18-15-6-9-19-11-15)7-4-12-2-3-14(17)10-13(12)5-8-16/h2-3,10,15,18H,4-9,11H2,1H3/t15-,16?/m0/s1. The van der Waals surface area contributed by atoms with E-state index < -0.39 is 0 Å². The van der Waals surface area contributed by atoms with Crippen LogP contribution in [0.1, 0.15) is 37.3 Å². The highest BCUT2D eigenvalue weighted by molar-refractivity contribution is 9.10. The minimum Gasteiger partial charge on any atom is -0.380 e. The molecule has 0 aromatic heterocycles. The van der Waals surface area contributed by atoms with Gasteiger partial charge in [-0.25, -0.2) is 0 Å². The monoisotopic (exact) mass is 323 g/mol. The van der Waals surface area contributed by atoms with Crippen LogP contribution in [0.4, 0.5) is 0 Å². The summed E-state index contributed by atoms with van der Waals surface area (Å²) in [7, 11) is 0. The van der Waals surface area contributed by atoms with Gasteiger partial charge in [-0.1, -0.05) is 22.0 Å². The Bertz CT molecular complexity index is 456. The van der Waals surface area contributed by atoms with E-state index >= 15 is 0 Å². The molecule has 104 valence electrons. The van der Waals surface area contributed by atoms with Crippen molar-refractivity contribution in [3.8, 4) is 0 Å². The molecule has 1 aliphatic carbocycles. The van der Waals surface area contributed by atoms with Gasteiger partial charge in [0.1, 0.15) is 0 Å². The maximum Gasteiger partial charge on any atom is 0.0620 e. The van der Waals surface area contributed by atoms with Crippen LogP contribution < -0.4 is 5.32 Å². The molecule has 1 N–H and O–H groups in total. The number of halogens is 1. The summed E-state index contributed by atoms with van der Waals surface area (Å²) in [6, 6.07) is 7.29. The van der Waals surface area contributed by atoms with Gasteiger partial charge in [0.25, 0.3) is 0 Å². The van der Waals surface area contributed by atoms with Gasteiger partial charge in [0, 0.05) is 22.7 Å². The average molecular weight is 324 g/mol. The molecule has 1 heterocycles. The Labute approximate surface area is 124 Å². The van der Waals surface area contributed by atoms with Crippen LogP contribution in [0.3, 0.4) is 0 Å². The molecule has 1 aromatic carbocycles. The lowest BCUT2D eigenvalue weighted by Gasteiger charge is -2.32. The SMILES string of the molecule is CC1(N[C@H]2CCOC2)CCc2ccc(Br)cc2CC1. The second-order valence-corrected chi connectivity index (χ2v) is 7.09. The van der Waals surface area contributed by atoms with Gasteiger partial charge >= 0.3 is 0 Å². The van der Waals surface area contributed by atoms with Crippen molar-refractivity contribution in [3.63, 3.8) is 0 Å². The Hall–Kier alpha value is -0.380. The third kappa shape index (κ3) is 3.21. The van der Waals surface area contributed by atoms with Crippen LogP contribution in [0, 0.1) is 0 Å². The van der Waals surface area contributed by atoms with Crippen molar-refractivity contribution in [2.24, 2.45) is 0 Å². The van der Waals surface area contributed by atoms with Crippen LogP contribution in [-0.2, 0) is 17.6 Å². The molecule has 0 saturated carbocycles. The first-order valence-electron chi connectivity index (χ1n) is 7.27. The zero-order valence-corrected chi connectivity index (χ0v) is 13.1. The van der Waals surface area contributed by atoms with Gasteiger partial charge in [-0.2, -0.15) is 0 Å². The highest BCUT2D eigenvalue weighted by Crippen LogP contribution is 2.30. The van der Waals surface area contributed by atoms with E-state index in [9.17, 15) is 0 Å². The summed E-state index contributed by atoms with van der Waals surface area (Å²) in [6.07, 6.45) is 5.95. The average Bonchev–Trinajstić information content (AvgIpc) is 2.82. The van der Waals surface area contributed by atoms with Crippen molar-refractivity contribution < 1.29 is 4.74 Å². The van der Waals surface area contributed by atoms with Gasteiger partial charge in [0.05, 0.1) is 6.61 Å². The third-order valence-corrected chi connectivity index (χ3v) is 5.04. The van der Waals surface area contributed by atoms with Crippen LogP contribution in [-0.4, -0.2) is 24.8 Å². The van der Waals surface area contributed by atoms with E-state index in [4.69, 9.17) is 4.74 Å². The third-order valence-electron chi connectivity index (χ3n) is 4.54. The first-order chi connectivity index (χ1) is 9.15. The number of rotatable bonds is 2. The Morgan fingerprint density at radius 3 is 2.79 bits per heavy atom. The molecule has 1 unspecified atom stereocenters. The predicted octanol–water partition coefficient (Wildman–Crippen LogP) is 3.47. The molecule has 3 heteroatoms. The van der Waals surface area contributed by atoms with Crippen molar-refractivity contribution in [1.82, 2.24) is 5.32 Å². The van der Waals surface area contributed by atoms with Crippen molar-refractivity contribution in [2.75, 3.05) is 13.2 Å². The summed E-state index contributed by atoms with van der Waals surface area (Å²) < 4.78 is 6.68. The summed E-state index contributed by atoms with van der Waals surface area (Å²) in [5.74, 6) is 0. The van der Waals surface area contributed by atoms with Gasteiger partial charge in [-0.05, 0) is 62.3 Å². The minimum absolute atomic E-state index is 0.254. The quantitative estimate of drug-likeness (QED) is 0.841. The fourth-order valence-corrected chi connectivity index (χ4v) is 3.71. The van der Waals surface area contributed by atoms with Gasteiger partial charge in [-0.15, -0.1) is 0 Å². The number of hydrogen-bond acceptors (Lipinski definition) is 2. The molecule has 2 aliphatic rings. The van der Waals surface area contributed by atoms with Crippen LogP contribution in [0.25, 0.3) is 0 Å². The summed E-state index contributed by atoms with van der Waals surface area (Å²) in [6.45, 7) is 4.18. The van der Waals surface area contributed by atoms with Gasteiger partial charge in [0.2, 0.25) is 0 Å². The smallest absolute Gasteiger partial charge is 0.0620 e. The number of benzene rings is 1. The van der Waals surface area contributed by atoms with E-state index in [1.165, 1.54) is 41.3 Å². The number of nitrogens with one attached hydrogen (secondary N) is 1. The van der Waals surface area contributed by atoms with E-state index in [1.54, 1.807) is 0 Å². The Morgan fingerprint density at radius 1 is 1.26 bits per heavy atom. The molecular weight excluding hydrogens is 302 g/mol. The van der Waals surface area contributed by atoms with E-state index in [2.05, 4.69) is 46.4 Å². The van der Waals surface area contributed by atoms with E-state index in [-0.39, 0.29) is 5.54 Å².